The highest BCUT2D eigenvalue weighted by Crippen LogP contribution is 2.26. The molecule has 0 saturated heterocycles. The molecule has 0 aliphatic heterocycles. The van der Waals surface area contributed by atoms with Crippen LogP contribution in [-0.2, 0) is 10.0 Å². The minimum atomic E-state index is -4.03. The lowest BCUT2D eigenvalue weighted by molar-refractivity contribution is 0.0731. The molecule has 0 spiro atoms. The van der Waals surface area contributed by atoms with Crippen molar-refractivity contribution >= 4 is 51.4 Å². The number of nitrogens with zero attached hydrogens (tertiary/aromatic N) is 1. The van der Waals surface area contributed by atoms with E-state index in [1.54, 1.807) is 72.8 Å². The summed E-state index contributed by atoms with van der Waals surface area (Å²) in [5.41, 5.74) is 3.24. The van der Waals surface area contributed by atoms with Crippen LogP contribution in [0.5, 0.6) is 11.5 Å². The molecule has 12 heteroatoms. The van der Waals surface area contributed by atoms with Gasteiger partial charge in [0.05, 0.1) is 33.5 Å². The van der Waals surface area contributed by atoms with E-state index >= 15 is 0 Å². The summed E-state index contributed by atoms with van der Waals surface area (Å²) in [5.74, 6) is -1.90. The average molecular weight is 654 g/mol. The molecule has 230 valence electrons. The first-order chi connectivity index (χ1) is 22.2. The molecule has 0 aromatic heterocycles. The molecule has 0 atom stereocenters. The number of benzene rings is 5. The number of hydrogen-bond acceptors (Lipinski definition) is 8. The maximum atomic E-state index is 13.1. The number of carbonyl (C=O) groups excluding carboxylic acids is 3. The van der Waals surface area contributed by atoms with Crippen molar-refractivity contribution in [3.63, 3.8) is 0 Å². The Balaban J connectivity index is 1.35. The summed E-state index contributed by atoms with van der Waals surface area (Å²) in [7, 11) is -4.03. The number of ether oxygens (including phenoxy) is 2. The van der Waals surface area contributed by atoms with Crippen LogP contribution < -0.4 is 19.6 Å². The fourth-order valence-electron chi connectivity index (χ4n) is 4.05. The van der Waals surface area contributed by atoms with Gasteiger partial charge in [0.1, 0.15) is 11.5 Å². The smallest absolute Gasteiger partial charge is 0.343 e. The molecule has 46 heavy (non-hydrogen) atoms. The van der Waals surface area contributed by atoms with Gasteiger partial charge in [-0.05, 0) is 72.8 Å². The molecule has 0 heterocycles. The Labute approximate surface area is 269 Å². The van der Waals surface area contributed by atoms with Crippen LogP contribution in [0.2, 0.25) is 5.02 Å². The SMILES string of the molecule is O=C(Oc1ccc(/C=N/NC(=O)c2ccccc2NS(=O)(=O)c2ccc(Cl)cc2)c(OC(=O)c2ccccc2)c1)c1ccccc1. The lowest BCUT2D eigenvalue weighted by Crippen LogP contribution is -2.21. The van der Waals surface area contributed by atoms with Gasteiger partial charge in [-0.3, -0.25) is 9.52 Å². The number of sulfonamides is 1. The topological polar surface area (TPSA) is 140 Å². The van der Waals surface area contributed by atoms with Crippen molar-refractivity contribution in [2.45, 2.75) is 4.90 Å². The molecule has 0 aliphatic carbocycles. The van der Waals surface area contributed by atoms with Crippen LogP contribution >= 0.6 is 11.6 Å². The third-order valence-electron chi connectivity index (χ3n) is 6.33. The molecule has 0 bridgehead atoms. The zero-order chi connectivity index (χ0) is 32.5. The lowest BCUT2D eigenvalue weighted by Gasteiger charge is -2.12. The van der Waals surface area contributed by atoms with Gasteiger partial charge in [0.2, 0.25) is 0 Å². The van der Waals surface area contributed by atoms with Crippen molar-refractivity contribution in [2.24, 2.45) is 5.10 Å². The molecule has 0 unspecified atom stereocenters. The van der Waals surface area contributed by atoms with Gasteiger partial charge >= 0.3 is 11.9 Å². The first kappa shape index (κ1) is 31.6. The first-order valence-electron chi connectivity index (χ1n) is 13.6. The van der Waals surface area contributed by atoms with Crippen LogP contribution in [0.1, 0.15) is 36.6 Å². The van der Waals surface area contributed by atoms with Gasteiger partial charge in [0.25, 0.3) is 15.9 Å². The highest BCUT2D eigenvalue weighted by Gasteiger charge is 2.19. The van der Waals surface area contributed by atoms with Crippen LogP contribution in [0, 0.1) is 0 Å². The van der Waals surface area contributed by atoms with Crippen molar-refractivity contribution in [1.29, 1.82) is 0 Å². The summed E-state index contributed by atoms with van der Waals surface area (Å²) in [5, 5.41) is 4.36. The first-order valence-corrected chi connectivity index (χ1v) is 15.4. The van der Waals surface area contributed by atoms with Crippen LogP contribution in [0.3, 0.4) is 0 Å². The number of halogens is 1. The summed E-state index contributed by atoms with van der Waals surface area (Å²) in [6.07, 6.45) is 1.23. The highest BCUT2D eigenvalue weighted by molar-refractivity contribution is 7.92. The maximum absolute atomic E-state index is 13.1. The van der Waals surface area contributed by atoms with E-state index in [1.165, 1.54) is 60.8 Å². The molecule has 0 fully saturated rings. The minimum absolute atomic E-state index is 0.00124. The molecular formula is C34H24ClN3O7S. The summed E-state index contributed by atoms with van der Waals surface area (Å²) >= 11 is 5.87. The largest absolute Gasteiger partial charge is 0.423 e. The molecule has 2 N–H and O–H groups in total. The Kier molecular flexibility index (Phi) is 9.86. The number of nitrogens with one attached hydrogen (secondary N) is 2. The van der Waals surface area contributed by atoms with Crippen molar-refractivity contribution in [2.75, 3.05) is 4.72 Å². The third kappa shape index (κ3) is 8.03. The van der Waals surface area contributed by atoms with E-state index in [0.29, 0.717) is 10.6 Å². The molecule has 1 amide bonds. The number of carbonyl (C=O) groups is 3. The summed E-state index contributed by atoms with van der Waals surface area (Å²) in [6.45, 7) is 0. The highest BCUT2D eigenvalue weighted by atomic mass is 35.5. The van der Waals surface area contributed by atoms with Gasteiger partial charge in [-0.2, -0.15) is 5.10 Å². The van der Waals surface area contributed by atoms with E-state index in [0.717, 1.165) is 0 Å². The Morgan fingerprint density at radius 3 is 1.93 bits per heavy atom. The summed E-state index contributed by atoms with van der Waals surface area (Å²) < 4.78 is 39.3. The Morgan fingerprint density at radius 2 is 1.28 bits per heavy atom. The maximum Gasteiger partial charge on any atom is 0.343 e. The fraction of sp³-hybridized carbons (Fsp3) is 0. The second-order valence-corrected chi connectivity index (χ2v) is 11.6. The summed E-state index contributed by atoms with van der Waals surface area (Å²) in [6, 6.07) is 32.5. The molecule has 0 aliphatic rings. The van der Waals surface area contributed by atoms with Crippen LogP contribution in [-0.4, -0.2) is 32.5 Å². The van der Waals surface area contributed by atoms with Crippen molar-refractivity contribution in [1.82, 2.24) is 5.43 Å². The predicted molar refractivity (Wildman–Crippen MR) is 173 cm³/mol. The number of amides is 1. The van der Waals surface area contributed by atoms with Gasteiger partial charge in [0.15, 0.2) is 0 Å². The second-order valence-electron chi connectivity index (χ2n) is 9.51. The van der Waals surface area contributed by atoms with E-state index in [2.05, 4.69) is 15.2 Å². The lowest BCUT2D eigenvalue weighted by atomic mass is 10.2. The number of hydrogen-bond donors (Lipinski definition) is 2. The van der Waals surface area contributed by atoms with Crippen molar-refractivity contribution in [3.8, 4) is 11.5 Å². The third-order valence-corrected chi connectivity index (χ3v) is 7.96. The van der Waals surface area contributed by atoms with Gasteiger partial charge in [-0.15, -0.1) is 0 Å². The average Bonchev–Trinajstić information content (AvgIpc) is 3.06. The Bertz CT molecular complexity index is 2020. The molecule has 0 radical (unpaired) electrons. The van der Waals surface area contributed by atoms with E-state index in [1.807, 2.05) is 0 Å². The molecular weight excluding hydrogens is 630 g/mol. The molecule has 5 rings (SSSR count). The van der Waals surface area contributed by atoms with Gasteiger partial charge in [0, 0.05) is 16.7 Å². The van der Waals surface area contributed by atoms with Crippen molar-refractivity contribution < 1.29 is 32.3 Å². The zero-order valence-electron chi connectivity index (χ0n) is 23.8. The number of anilines is 1. The van der Waals surface area contributed by atoms with E-state index in [4.69, 9.17) is 21.1 Å². The van der Waals surface area contributed by atoms with Gasteiger partial charge in [-0.1, -0.05) is 60.1 Å². The van der Waals surface area contributed by atoms with Crippen LogP contribution in [0.15, 0.2) is 137 Å². The van der Waals surface area contributed by atoms with Gasteiger partial charge < -0.3 is 9.47 Å². The number of para-hydroxylation sites is 1. The normalized spacial score (nSPS) is 11.1. The van der Waals surface area contributed by atoms with Crippen molar-refractivity contribution in [3.05, 3.63) is 155 Å². The Hall–Kier alpha value is -5.78. The molecule has 0 saturated carbocycles. The van der Waals surface area contributed by atoms with E-state index < -0.39 is 27.9 Å². The fourth-order valence-corrected chi connectivity index (χ4v) is 5.26. The quantitative estimate of drug-likeness (QED) is 0.0775. The molecule has 5 aromatic rings. The number of hydrazone groups is 1. The Morgan fingerprint density at radius 1 is 0.696 bits per heavy atom. The van der Waals surface area contributed by atoms with Crippen LogP contribution in [0.4, 0.5) is 5.69 Å². The van der Waals surface area contributed by atoms with E-state index in [-0.39, 0.29) is 38.8 Å². The van der Waals surface area contributed by atoms with E-state index in [9.17, 15) is 22.8 Å². The standard InChI is InChI=1S/C34H24ClN3O7S/c35-26-16-19-28(20-17-26)46(42,43)38-30-14-8-7-13-29(30)32(39)37-36-22-25-15-18-27(44-33(40)23-9-3-1-4-10-23)21-31(25)45-34(41)24-11-5-2-6-12-24/h1-22,38H,(H,37,39)/b36-22+. The summed E-state index contributed by atoms with van der Waals surface area (Å²) in [4.78, 5) is 38.5. The monoisotopic (exact) mass is 653 g/mol. The second kappa shape index (κ2) is 14.3. The molecule has 10 nitrogen and oxygen atoms in total. The predicted octanol–water partition coefficient (Wildman–Crippen LogP) is 6.34. The van der Waals surface area contributed by atoms with Gasteiger partial charge in [-0.25, -0.2) is 23.4 Å². The minimum Gasteiger partial charge on any atom is -0.423 e. The zero-order valence-corrected chi connectivity index (χ0v) is 25.4. The number of esters is 2. The van der Waals surface area contributed by atoms with Crippen LogP contribution in [0.25, 0.3) is 0 Å². The molecule has 5 aromatic carbocycles. The number of rotatable bonds is 10.